The van der Waals surface area contributed by atoms with E-state index in [1.54, 1.807) is 0 Å². The van der Waals surface area contributed by atoms with Crippen LogP contribution in [0.2, 0.25) is 0 Å². The number of rotatable bonds is 5. The van der Waals surface area contributed by atoms with Crippen molar-refractivity contribution in [3.63, 3.8) is 0 Å². The summed E-state index contributed by atoms with van der Waals surface area (Å²) >= 11 is 1.28. The zero-order valence-electron chi connectivity index (χ0n) is 15.0. The van der Waals surface area contributed by atoms with Crippen LogP contribution in [0.3, 0.4) is 0 Å². The van der Waals surface area contributed by atoms with Gasteiger partial charge in [0.2, 0.25) is 0 Å². The quantitative estimate of drug-likeness (QED) is 0.743. The van der Waals surface area contributed by atoms with E-state index in [4.69, 9.17) is 10.5 Å². The number of amides is 2. The van der Waals surface area contributed by atoms with Crippen molar-refractivity contribution in [2.24, 2.45) is 11.7 Å². The molecule has 0 aliphatic heterocycles. The Morgan fingerprint density at radius 2 is 1.93 bits per heavy atom. The second kappa shape index (κ2) is 8.05. The van der Waals surface area contributed by atoms with Gasteiger partial charge in [0.25, 0.3) is 11.8 Å². The molecule has 28 heavy (non-hydrogen) atoms. The molecule has 0 spiro atoms. The minimum absolute atomic E-state index is 0.291. The van der Waals surface area contributed by atoms with Crippen LogP contribution in [-0.2, 0) is 22.4 Å². The van der Waals surface area contributed by atoms with Gasteiger partial charge in [-0.3, -0.25) is 9.59 Å². The Bertz CT molecular complexity index is 937. The molecule has 2 aromatic rings. The maximum atomic E-state index is 13.2. The van der Waals surface area contributed by atoms with E-state index in [0.29, 0.717) is 29.0 Å². The molecule has 0 bridgehead atoms. The molecule has 1 aliphatic carbocycles. The van der Waals surface area contributed by atoms with Crippen LogP contribution in [-0.4, -0.2) is 24.4 Å². The fourth-order valence-corrected chi connectivity index (χ4v) is 4.58. The van der Waals surface area contributed by atoms with Gasteiger partial charge in [0.1, 0.15) is 16.6 Å². The number of carbonyl (C=O) groups is 3. The lowest BCUT2D eigenvalue weighted by Gasteiger charge is -2.18. The van der Waals surface area contributed by atoms with E-state index in [2.05, 4.69) is 12.2 Å². The number of anilines is 1. The molecule has 1 aromatic heterocycles. The molecule has 0 fully saturated rings. The SMILES string of the molecule is C[C@H]1CCc2c(sc(NC(=O)COC(=O)c3cc(F)cc(F)c3)c2C(N)=O)C1. The van der Waals surface area contributed by atoms with E-state index >= 15 is 0 Å². The first-order valence-electron chi connectivity index (χ1n) is 8.62. The van der Waals surface area contributed by atoms with Gasteiger partial charge in [-0.15, -0.1) is 11.3 Å². The van der Waals surface area contributed by atoms with E-state index in [0.717, 1.165) is 35.4 Å². The molecule has 0 saturated heterocycles. The maximum Gasteiger partial charge on any atom is 0.338 e. The Kier molecular flexibility index (Phi) is 5.73. The Labute approximate surface area is 163 Å². The zero-order chi connectivity index (χ0) is 20.4. The van der Waals surface area contributed by atoms with Crippen LogP contribution < -0.4 is 11.1 Å². The van der Waals surface area contributed by atoms with Crippen molar-refractivity contribution >= 4 is 34.1 Å². The zero-order valence-corrected chi connectivity index (χ0v) is 15.8. The highest BCUT2D eigenvalue weighted by Crippen LogP contribution is 2.39. The summed E-state index contributed by atoms with van der Waals surface area (Å²) in [5.41, 5.74) is 6.29. The van der Waals surface area contributed by atoms with Crippen LogP contribution in [0, 0.1) is 17.6 Å². The molecular formula is C19H18F2N2O4S. The first kappa shape index (κ1) is 19.9. The van der Waals surface area contributed by atoms with Gasteiger partial charge in [0.15, 0.2) is 6.61 Å². The van der Waals surface area contributed by atoms with Crippen molar-refractivity contribution in [1.82, 2.24) is 0 Å². The van der Waals surface area contributed by atoms with Gasteiger partial charge in [0, 0.05) is 10.9 Å². The number of hydrogen-bond acceptors (Lipinski definition) is 5. The lowest BCUT2D eigenvalue weighted by molar-refractivity contribution is -0.119. The minimum atomic E-state index is -1.04. The number of halogens is 2. The second-order valence-corrected chi connectivity index (χ2v) is 7.81. The lowest BCUT2D eigenvalue weighted by atomic mass is 9.88. The summed E-state index contributed by atoms with van der Waals surface area (Å²) in [7, 11) is 0. The molecule has 1 heterocycles. The van der Waals surface area contributed by atoms with Crippen LogP contribution in [0.4, 0.5) is 13.8 Å². The highest BCUT2D eigenvalue weighted by Gasteiger charge is 2.27. The van der Waals surface area contributed by atoms with Gasteiger partial charge in [-0.05, 0) is 42.9 Å². The van der Waals surface area contributed by atoms with Gasteiger partial charge < -0.3 is 15.8 Å². The average Bonchev–Trinajstić information content (AvgIpc) is 2.95. The highest BCUT2D eigenvalue weighted by molar-refractivity contribution is 7.17. The summed E-state index contributed by atoms with van der Waals surface area (Å²) in [6, 6.07) is 2.24. The second-order valence-electron chi connectivity index (χ2n) is 6.70. The highest BCUT2D eigenvalue weighted by atomic mass is 32.1. The first-order valence-corrected chi connectivity index (χ1v) is 9.43. The fourth-order valence-electron chi connectivity index (χ4n) is 3.15. The Morgan fingerprint density at radius 3 is 2.57 bits per heavy atom. The fraction of sp³-hybridized carbons (Fsp3) is 0.316. The monoisotopic (exact) mass is 408 g/mol. The molecule has 148 valence electrons. The summed E-state index contributed by atoms with van der Waals surface area (Å²) in [5.74, 6) is -3.73. The summed E-state index contributed by atoms with van der Waals surface area (Å²) in [5, 5.41) is 2.87. The third-order valence-electron chi connectivity index (χ3n) is 4.44. The standard InChI is InChI=1S/C19H18F2N2O4S/c1-9-2-3-13-14(4-9)28-18(16(13)17(22)25)23-15(24)8-27-19(26)10-5-11(20)7-12(21)6-10/h5-7,9H,2-4,8H2,1H3,(H2,22,25)(H,23,24)/t9-/m0/s1. The first-order chi connectivity index (χ1) is 13.2. The van der Waals surface area contributed by atoms with Crippen LogP contribution in [0.25, 0.3) is 0 Å². The molecule has 1 aromatic carbocycles. The number of nitrogens with one attached hydrogen (secondary N) is 1. The molecular weight excluding hydrogens is 390 g/mol. The molecule has 0 unspecified atom stereocenters. The molecule has 0 saturated carbocycles. The number of benzene rings is 1. The third-order valence-corrected chi connectivity index (χ3v) is 5.61. The maximum absolute atomic E-state index is 13.2. The lowest BCUT2D eigenvalue weighted by Crippen LogP contribution is -2.23. The Balaban J connectivity index is 1.68. The topological polar surface area (TPSA) is 98.5 Å². The van der Waals surface area contributed by atoms with Crippen LogP contribution in [0.5, 0.6) is 0 Å². The summed E-state index contributed by atoms with van der Waals surface area (Å²) in [4.78, 5) is 36.9. The summed E-state index contributed by atoms with van der Waals surface area (Å²) in [6.45, 7) is 1.44. The smallest absolute Gasteiger partial charge is 0.338 e. The molecule has 3 rings (SSSR count). The Hall–Kier alpha value is -2.81. The predicted molar refractivity (Wildman–Crippen MR) is 99.3 cm³/mol. The van der Waals surface area contributed by atoms with E-state index in [-0.39, 0.29) is 5.56 Å². The number of nitrogens with two attached hydrogens (primary N) is 1. The number of esters is 1. The van der Waals surface area contributed by atoms with Crippen molar-refractivity contribution in [3.05, 3.63) is 51.4 Å². The number of thiophene rings is 1. The van der Waals surface area contributed by atoms with Crippen molar-refractivity contribution in [2.45, 2.75) is 26.2 Å². The minimum Gasteiger partial charge on any atom is -0.452 e. The third kappa shape index (κ3) is 4.36. The van der Waals surface area contributed by atoms with E-state index in [1.165, 1.54) is 11.3 Å². The largest absolute Gasteiger partial charge is 0.452 e. The number of hydrogen-bond donors (Lipinski definition) is 2. The van der Waals surface area contributed by atoms with Gasteiger partial charge >= 0.3 is 5.97 Å². The predicted octanol–water partition coefficient (Wildman–Crippen LogP) is 3.05. The van der Waals surface area contributed by atoms with Gasteiger partial charge in [-0.2, -0.15) is 0 Å². The molecule has 9 heteroatoms. The van der Waals surface area contributed by atoms with E-state index in [1.807, 2.05) is 0 Å². The summed E-state index contributed by atoms with van der Waals surface area (Å²) in [6.07, 6.45) is 2.44. The van der Waals surface area contributed by atoms with Crippen molar-refractivity contribution < 1.29 is 27.9 Å². The normalized spacial score (nSPS) is 15.6. The molecule has 2 amide bonds. The van der Waals surface area contributed by atoms with Crippen molar-refractivity contribution in [1.29, 1.82) is 0 Å². The van der Waals surface area contributed by atoms with Crippen LogP contribution >= 0.6 is 11.3 Å². The van der Waals surface area contributed by atoms with Gasteiger partial charge in [0.05, 0.1) is 11.1 Å². The molecule has 1 aliphatic rings. The van der Waals surface area contributed by atoms with Gasteiger partial charge in [-0.25, -0.2) is 13.6 Å². The molecule has 3 N–H and O–H groups in total. The molecule has 6 nitrogen and oxygen atoms in total. The van der Waals surface area contributed by atoms with Crippen molar-refractivity contribution in [2.75, 3.05) is 11.9 Å². The van der Waals surface area contributed by atoms with E-state index in [9.17, 15) is 23.2 Å². The van der Waals surface area contributed by atoms with Crippen molar-refractivity contribution in [3.8, 4) is 0 Å². The van der Waals surface area contributed by atoms with Crippen LogP contribution in [0.1, 0.15) is 44.5 Å². The summed E-state index contributed by atoms with van der Waals surface area (Å²) < 4.78 is 31.1. The molecule has 1 atom stereocenters. The number of primary amides is 1. The Morgan fingerprint density at radius 1 is 1.25 bits per heavy atom. The number of ether oxygens (including phenoxy) is 1. The molecule has 0 radical (unpaired) electrons. The van der Waals surface area contributed by atoms with E-state index < -0.39 is 36.0 Å². The van der Waals surface area contributed by atoms with Gasteiger partial charge in [-0.1, -0.05) is 6.92 Å². The number of fused-ring (bicyclic) bond motifs is 1. The average molecular weight is 408 g/mol. The van der Waals surface area contributed by atoms with Crippen LogP contribution in [0.15, 0.2) is 18.2 Å². The number of carbonyl (C=O) groups excluding carboxylic acids is 3.